The lowest BCUT2D eigenvalue weighted by Gasteiger charge is -2.52. The lowest BCUT2D eigenvalue weighted by atomic mass is 9.90. The summed E-state index contributed by atoms with van der Waals surface area (Å²) < 4.78 is 11.9. The van der Waals surface area contributed by atoms with Crippen molar-refractivity contribution < 1.29 is 9.47 Å². The van der Waals surface area contributed by atoms with Gasteiger partial charge in [0.25, 0.3) is 0 Å². The van der Waals surface area contributed by atoms with Gasteiger partial charge in [0.2, 0.25) is 0 Å². The van der Waals surface area contributed by atoms with Crippen LogP contribution in [0.3, 0.4) is 0 Å². The van der Waals surface area contributed by atoms with Gasteiger partial charge in [-0.25, -0.2) is 0 Å². The number of fused-ring (bicyclic) bond motifs is 4. The zero-order valence-corrected chi connectivity index (χ0v) is 14.6. The van der Waals surface area contributed by atoms with Crippen LogP contribution in [0.4, 0.5) is 0 Å². The number of rotatable bonds is 3. The van der Waals surface area contributed by atoms with Gasteiger partial charge in [0, 0.05) is 18.5 Å². The van der Waals surface area contributed by atoms with Crippen LogP contribution in [0.5, 0.6) is 11.5 Å². The predicted octanol–water partition coefficient (Wildman–Crippen LogP) is 3.63. The summed E-state index contributed by atoms with van der Waals surface area (Å²) in [6.45, 7) is 2.81. The van der Waals surface area contributed by atoms with E-state index in [0.29, 0.717) is 6.54 Å². The molecule has 2 aromatic rings. The van der Waals surface area contributed by atoms with E-state index in [-0.39, 0.29) is 6.04 Å². The maximum Gasteiger partial charge on any atom is 0.184 e. The molecule has 0 spiro atoms. The van der Waals surface area contributed by atoms with E-state index in [9.17, 15) is 0 Å². The SMILES string of the molecule is COc1cccc2c1OC1(C)CC2NC(=S)N1Cc1ccccc1. The standard InChI is InChI=1S/C19H20N2O2S/c1-19-11-15(14-9-6-10-16(22-2)17(14)23-19)20-18(24)21(19)12-13-7-4-3-5-8-13/h3-10,15H,11-12H2,1-2H3,(H,20,24). The van der Waals surface area contributed by atoms with E-state index in [0.717, 1.165) is 28.6 Å². The molecule has 124 valence electrons. The molecule has 2 atom stereocenters. The van der Waals surface area contributed by atoms with Crippen LogP contribution in [0.2, 0.25) is 0 Å². The van der Waals surface area contributed by atoms with Crippen molar-refractivity contribution in [2.24, 2.45) is 0 Å². The van der Waals surface area contributed by atoms with Crippen molar-refractivity contribution >= 4 is 17.3 Å². The first-order valence-electron chi connectivity index (χ1n) is 8.09. The van der Waals surface area contributed by atoms with Gasteiger partial charge in [0.05, 0.1) is 13.2 Å². The van der Waals surface area contributed by atoms with Gasteiger partial charge < -0.3 is 19.7 Å². The average Bonchev–Trinajstić information content (AvgIpc) is 2.59. The third-order valence-electron chi connectivity index (χ3n) is 4.81. The fraction of sp³-hybridized carbons (Fsp3) is 0.316. The van der Waals surface area contributed by atoms with Gasteiger partial charge in [-0.1, -0.05) is 42.5 Å². The van der Waals surface area contributed by atoms with E-state index < -0.39 is 5.72 Å². The van der Waals surface area contributed by atoms with E-state index in [2.05, 4.69) is 35.3 Å². The third kappa shape index (κ3) is 2.40. The molecule has 5 heteroatoms. The molecule has 0 radical (unpaired) electrons. The number of benzene rings is 2. The van der Waals surface area contributed by atoms with Crippen molar-refractivity contribution in [1.82, 2.24) is 10.2 Å². The monoisotopic (exact) mass is 340 g/mol. The highest BCUT2D eigenvalue weighted by atomic mass is 32.1. The fourth-order valence-corrected chi connectivity index (χ4v) is 3.97. The number of hydrogen-bond acceptors (Lipinski definition) is 3. The number of methoxy groups -OCH3 is 1. The molecule has 1 N–H and O–H groups in total. The maximum atomic E-state index is 6.44. The highest BCUT2D eigenvalue weighted by molar-refractivity contribution is 7.80. The molecule has 0 amide bonds. The molecule has 1 saturated heterocycles. The van der Waals surface area contributed by atoms with E-state index >= 15 is 0 Å². The maximum absolute atomic E-state index is 6.44. The van der Waals surface area contributed by atoms with Crippen LogP contribution < -0.4 is 14.8 Å². The number of ether oxygens (including phenoxy) is 2. The summed E-state index contributed by atoms with van der Waals surface area (Å²) in [6.07, 6.45) is 0.833. The second-order valence-corrected chi connectivity index (χ2v) is 6.82. The largest absolute Gasteiger partial charge is 0.493 e. The smallest absolute Gasteiger partial charge is 0.184 e. The number of para-hydroxylation sites is 1. The third-order valence-corrected chi connectivity index (χ3v) is 5.15. The van der Waals surface area contributed by atoms with Crippen LogP contribution in [0.15, 0.2) is 48.5 Å². The number of thiocarbonyl (C=S) groups is 1. The van der Waals surface area contributed by atoms with Crippen LogP contribution in [-0.2, 0) is 6.54 Å². The Kier molecular flexibility index (Phi) is 3.61. The zero-order chi connectivity index (χ0) is 16.7. The molecule has 0 saturated carbocycles. The summed E-state index contributed by atoms with van der Waals surface area (Å²) in [4.78, 5) is 2.13. The first-order chi connectivity index (χ1) is 11.6. The van der Waals surface area contributed by atoms with Crippen LogP contribution in [0.25, 0.3) is 0 Å². The molecular formula is C19H20N2O2S. The molecule has 2 aromatic carbocycles. The van der Waals surface area contributed by atoms with Crippen LogP contribution >= 0.6 is 12.2 Å². The lowest BCUT2D eigenvalue weighted by Crippen LogP contribution is -2.64. The van der Waals surface area contributed by atoms with Gasteiger partial charge in [-0.3, -0.25) is 0 Å². The summed E-state index contributed by atoms with van der Waals surface area (Å²) in [5, 5.41) is 4.20. The van der Waals surface area contributed by atoms with Crippen LogP contribution in [0, 0.1) is 0 Å². The molecule has 2 bridgehead atoms. The van der Waals surface area contributed by atoms with E-state index in [1.807, 2.05) is 30.3 Å². The summed E-state index contributed by atoms with van der Waals surface area (Å²) in [7, 11) is 1.67. The molecule has 2 heterocycles. The van der Waals surface area contributed by atoms with E-state index in [1.165, 1.54) is 5.56 Å². The Balaban J connectivity index is 1.72. The van der Waals surface area contributed by atoms with Gasteiger partial charge in [-0.2, -0.15) is 0 Å². The van der Waals surface area contributed by atoms with Crippen molar-refractivity contribution in [2.45, 2.75) is 31.7 Å². The van der Waals surface area contributed by atoms with Crippen molar-refractivity contribution in [3.05, 3.63) is 59.7 Å². The minimum Gasteiger partial charge on any atom is -0.493 e. The average molecular weight is 340 g/mol. The highest BCUT2D eigenvalue weighted by Gasteiger charge is 2.48. The normalized spacial score (nSPS) is 24.7. The van der Waals surface area contributed by atoms with Crippen molar-refractivity contribution in [3.63, 3.8) is 0 Å². The predicted molar refractivity (Wildman–Crippen MR) is 97.1 cm³/mol. The van der Waals surface area contributed by atoms with Gasteiger partial charge in [0.1, 0.15) is 0 Å². The van der Waals surface area contributed by atoms with E-state index in [1.54, 1.807) is 7.11 Å². The molecule has 1 fully saturated rings. The fourth-order valence-electron chi connectivity index (χ4n) is 3.57. The quantitative estimate of drug-likeness (QED) is 0.863. The van der Waals surface area contributed by atoms with Gasteiger partial charge in [-0.15, -0.1) is 0 Å². The van der Waals surface area contributed by atoms with Gasteiger partial charge >= 0.3 is 0 Å². The minimum absolute atomic E-state index is 0.147. The summed E-state index contributed by atoms with van der Waals surface area (Å²) in [5.74, 6) is 1.57. The lowest BCUT2D eigenvalue weighted by molar-refractivity contribution is -0.0736. The Morgan fingerprint density at radius 2 is 2.04 bits per heavy atom. The number of nitrogens with one attached hydrogen (secondary N) is 1. The Bertz CT molecular complexity index is 780. The van der Waals surface area contributed by atoms with Crippen molar-refractivity contribution in [1.29, 1.82) is 0 Å². The van der Waals surface area contributed by atoms with Crippen molar-refractivity contribution in [2.75, 3.05) is 7.11 Å². The number of hydrogen-bond donors (Lipinski definition) is 1. The minimum atomic E-state index is -0.496. The van der Waals surface area contributed by atoms with Crippen LogP contribution in [0.1, 0.15) is 30.5 Å². The molecule has 2 aliphatic heterocycles. The van der Waals surface area contributed by atoms with Gasteiger partial charge in [-0.05, 0) is 30.8 Å². The Labute approximate surface area is 147 Å². The molecule has 4 nitrogen and oxygen atoms in total. The molecule has 2 unspecified atom stereocenters. The molecule has 4 rings (SSSR count). The topological polar surface area (TPSA) is 33.7 Å². The van der Waals surface area contributed by atoms with Crippen LogP contribution in [-0.4, -0.2) is 22.8 Å². The summed E-state index contributed by atoms with van der Waals surface area (Å²) in [5.41, 5.74) is 1.81. The van der Waals surface area contributed by atoms with Crippen molar-refractivity contribution in [3.8, 4) is 11.5 Å². The molecule has 0 aromatic heterocycles. The Hall–Kier alpha value is -2.27. The first kappa shape index (κ1) is 15.3. The Morgan fingerprint density at radius 1 is 1.25 bits per heavy atom. The molecule has 2 aliphatic rings. The zero-order valence-electron chi connectivity index (χ0n) is 13.8. The molecular weight excluding hydrogens is 320 g/mol. The first-order valence-corrected chi connectivity index (χ1v) is 8.49. The number of nitrogens with zero attached hydrogens (tertiary/aromatic N) is 1. The summed E-state index contributed by atoms with van der Waals surface area (Å²) in [6, 6.07) is 16.5. The Morgan fingerprint density at radius 3 is 2.79 bits per heavy atom. The highest BCUT2D eigenvalue weighted by Crippen LogP contribution is 2.48. The molecule has 0 aliphatic carbocycles. The summed E-state index contributed by atoms with van der Waals surface area (Å²) >= 11 is 5.65. The second-order valence-electron chi connectivity index (χ2n) is 6.43. The second kappa shape index (κ2) is 5.67. The van der Waals surface area contributed by atoms with E-state index in [4.69, 9.17) is 21.7 Å². The van der Waals surface area contributed by atoms with Gasteiger partial charge in [0.15, 0.2) is 22.3 Å². The molecule has 24 heavy (non-hydrogen) atoms.